The van der Waals surface area contributed by atoms with Crippen molar-refractivity contribution in [2.45, 2.75) is 31.4 Å². The van der Waals surface area contributed by atoms with Crippen molar-refractivity contribution in [2.75, 3.05) is 13.2 Å². The Balaban J connectivity index is 1.70. The van der Waals surface area contributed by atoms with Crippen molar-refractivity contribution in [3.63, 3.8) is 0 Å². The van der Waals surface area contributed by atoms with E-state index in [-0.39, 0.29) is 0 Å². The van der Waals surface area contributed by atoms with Crippen LogP contribution in [0.1, 0.15) is 19.3 Å². The van der Waals surface area contributed by atoms with Gasteiger partial charge in [-0.15, -0.1) is 0 Å². The highest BCUT2D eigenvalue weighted by Gasteiger charge is 2.27. The van der Waals surface area contributed by atoms with Crippen molar-refractivity contribution in [3.05, 3.63) is 0 Å². The highest BCUT2D eigenvalue weighted by molar-refractivity contribution is 4.81. The van der Waals surface area contributed by atoms with Gasteiger partial charge in [-0.2, -0.15) is 0 Å². The predicted octanol–water partition coefficient (Wildman–Crippen LogP) is 0.527. The number of epoxide rings is 1. The molecule has 0 aromatic rings. The van der Waals surface area contributed by atoms with Crippen molar-refractivity contribution in [3.8, 4) is 0 Å². The second kappa shape index (κ2) is 2.27. The van der Waals surface area contributed by atoms with E-state index in [1.54, 1.807) is 0 Å². The van der Waals surface area contributed by atoms with Gasteiger partial charge in [-0.25, -0.2) is 0 Å². The van der Waals surface area contributed by atoms with E-state index in [1.165, 1.54) is 25.8 Å². The number of hydrogen-bond donors (Lipinski definition) is 1. The lowest BCUT2D eigenvalue weighted by molar-refractivity contribution is 0.372. The van der Waals surface area contributed by atoms with Crippen LogP contribution in [0.2, 0.25) is 0 Å². The Labute approximate surface area is 55.6 Å². The minimum Gasteiger partial charge on any atom is -0.373 e. The van der Waals surface area contributed by atoms with E-state index in [1.807, 2.05) is 0 Å². The zero-order valence-electron chi connectivity index (χ0n) is 5.60. The molecule has 0 amide bonds. The molecule has 2 aliphatic heterocycles. The average Bonchev–Trinajstić information content (AvgIpc) is 2.46. The molecule has 0 saturated carbocycles. The van der Waals surface area contributed by atoms with Gasteiger partial charge in [0.15, 0.2) is 0 Å². The smallest absolute Gasteiger partial charge is 0.0824 e. The van der Waals surface area contributed by atoms with E-state index in [9.17, 15) is 0 Å². The van der Waals surface area contributed by atoms with E-state index < -0.39 is 0 Å². The SMILES string of the molecule is C1CNC(CC2CO2)C1. The van der Waals surface area contributed by atoms with Crippen molar-refractivity contribution < 1.29 is 4.74 Å². The quantitative estimate of drug-likeness (QED) is 0.547. The predicted molar refractivity (Wildman–Crippen MR) is 35.4 cm³/mol. The van der Waals surface area contributed by atoms with Crippen molar-refractivity contribution in [1.29, 1.82) is 0 Å². The lowest BCUT2D eigenvalue weighted by Gasteiger charge is -2.05. The maximum absolute atomic E-state index is 5.13. The van der Waals surface area contributed by atoms with Gasteiger partial charge in [-0.3, -0.25) is 0 Å². The molecule has 2 fully saturated rings. The largest absolute Gasteiger partial charge is 0.373 e. The second-order valence-corrected chi connectivity index (χ2v) is 2.98. The summed E-state index contributed by atoms with van der Waals surface area (Å²) in [5.74, 6) is 0. The molecule has 0 spiro atoms. The van der Waals surface area contributed by atoms with Crippen molar-refractivity contribution >= 4 is 0 Å². The summed E-state index contributed by atoms with van der Waals surface area (Å²) < 4.78 is 5.13. The molecule has 2 heteroatoms. The molecule has 0 aromatic carbocycles. The maximum atomic E-state index is 5.13. The molecule has 1 N–H and O–H groups in total. The summed E-state index contributed by atoms with van der Waals surface area (Å²) in [5, 5.41) is 3.45. The third-order valence-corrected chi connectivity index (χ3v) is 2.11. The summed E-state index contributed by atoms with van der Waals surface area (Å²) in [6.45, 7) is 2.23. The Morgan fingerprint density at radius 1 is 1.56 bits per heavy atom. The molecule has 2 atom stereocenters. The summed E-state index contributed by atoms with van der Waals surface area (Å²) in [7, 11) is 0. The topological polar surface area (TPSA) is 24.6 Å². The van der Waals surface area contributed by atoms with Gasteiger partial charge in [0.1, 0.15) is 0 Å². The third kappa shape index (κ3) is 1.43. The van der Waals surface area contributed by atoms with Gasteiger partial charge in [-0.1, -0.05) is 0 Å². The maximum Gasteiger partial charge on any atom is 0.0824 e. The van der Waals surface area contributed by atoms with E-state index in [0.29, 0.717) is 6.10 Å². The molecule has 0 aliphatic carbocycles. The minimum atomic E-state index is 0.612. The van der Waals surface area contributed by atoms with Crippen LogP contribution < -0.4 is 5.32 Å². The molecule has 0 bridgehead atoms. The second-order valence-electron chi connectivity index (χ2n) is 2.98. The summed E-state index contributed by atoms with van der Waals surface area (Å²) >= 11 is 0. The van der Waals surface area contributed by atoms with Gasteiger partial charge in [0.25, 0.3) is 0 Å². The molecule has 2 aliphatic rings. The number of rotatable bonds is 2. The highest BCUT2D eigenvalue weighted by atomic mass is 16.6. The highest BCUT2D eigenvalue weighted by Crippen LogP contribution is 2.19. The van der Waals surface area contributed by atoms with Crippen molar-refractivity contribution in [2.24, 2.45) is 0 Å². The van der Waals surface area contributed by atoms with Gasteiger partial charge < -0.3 is 10.1 Å². The minimum absolute atomic E-state index is 0.612. The van der Waals surface area contributed by atoms with Crippen LogP contribution in [0, 0.1) is 0 Å². The fourth-order valence-corrected chi connectivity index (χ4v) is 1.48. The molecule has 0 aromatic heterocycles. The molecular formula is C7H13NO. The number of ether oxygens (including phenoxy) is 1. The molecule has 2 nitrogen and oxygen atoms in total. The first-order valence-electron chi connectivity index (χ1n) is 3.80. The van der Waals surface area contributed by atoms with Crippen LogP contribution in [-0.2, 0) is 4.74 Å². The molecule has 0 radical (unpaired) electrons. The first-order chi connectivity index (χ1) is 4.45. The van der Waals surface area contributed by atoms with Crippen LogP contribution in [0.5, 0.6) is 0 Å². The Hall–Kier alpha value is -0.0800. The zero-order chi connectivity index (χ0) is 6.10. The summed E-state index contributed by atoms with van der Waals surface area (Å²) in [4.78, 5) is 0. The van der Waals surface area contributed by atoms with Gasteiger partial charge in [0.2, 0.25) is 0 Å². The Kier molecular flexibility index (Phi) is 1.44. The zero-order valence-corrected chi connectivity index (χ0v) is 5.60. The first-order valence-corrected chi connectivity index (χ1v) is 3.80. The van der Waals surface area contributed by atoms with Crippen LogP contribution >= 0.6 is 0 Å². The molecule has 9 heavy (non-hydrogen) atoms. The summed E-state index contributed by atoms with van der Waals surface area (Å²) in [5.41, 5.74) is 0. The lowest BCUT2D eigenvalue weighted by Crippen LogP contribution is -2.22. The Morgan fingerprint density at radius 2 is 2.44 bits per heavy atom. The standard InChI is InChI=1S/C7H13NO/c1-2-6(8-3-1)4-7-5-9-7/h6-8H,1-5H2. The number of nitrogens with one attached hydrogen (secondary N) is 1. The molecule has 2 rings (SSSR count). The normalized spacial score (nSPS) is 41.3. The monoisotopic (exact) mass is 127 g/mol. The molecule has 2 saturated heterocycles. The van der Waals surface area contributed by atoms with Crippen LogP contribution in [0.3, 0.4) is 0 Å². The molecule has 2 heterocycles. The fourth-order valence-electron chi connectivity index (χ4n) is 1.48. The average molecular weight is 127 g/mol. The van der Waals surface area contributed by atoms with Crippen molar-refractivity contribution in [1.82, 2.24) is 5.32 Å². The Bertz CT molecular complexity index is 95.1. The van der Waals surface area contributed by atoms with Gasteiger partial charge in [0, 0.05) is 6.04 Å². The molecular weight excluding hydrogens is 114 g/mol. The third-order valence-electron chi connectivity index (χ3n) is 2.11. The molecule has 52 valence electrons. The van der Waals surface area contributed by atoms with E-state index >= 15 is 0 Å². The summed E-state index contributed by atoms with van der Waals surface area (Å²) in [6.07, 6.45) is 4.58. The Morgan fingerprint density at radius 3 is 3.00 bits per heavy atom. The lowest BCUT2D eigenvalue weighted by atomic mass is 10.1. The molecule has 2 unspecified atom stereocenters. The van der Waals surface area contributed by atoms with Crippen LogP contribution in [0.25, 0.3) is 0 Å². The number of hydrogen-bond acceptors (Lipinski definition) is 2. The van der Waals surface area contributed by atoms with Gasteiger partial charge >= 0.3 is 0 Å². The van der Waals surface area contributed by atoms with Crippen LogP contribution in [0.4, 0.5) is 0 Å². The summed E-state index contributed by atoms with van der Waals surface area (Å²) in [6, 6.07) is 0.775. The van der Waals surface area contributed by atoms with E-state index in [2.05, 4.69) is 5.32 Å². The van der Waals surface area contributed by atoms with Crippen LogP contribution in [-0.4, -0.2) is 25.3 Å². The first kappa shape index (κ1) is 5.69. The van der Waals surface area contributed by atoms with Gasteiger partial charge in [-0.05, 0) is 25.8 Å². The van der Waals surface area contributed by atoms with Crippen LogP contribution in [0.15, 0.2) is 0 Å². The van der Waals surface area contributed by atoms with Gasteiger partial charge in [0.05, 0.1) is 12.7 Å². The van der Waals surface area contributed by atoms with E-state index in [0.717, 1.165) is 12.6 Å². The fraction of sp³-hybridized carbons (Fsp3) is 1.00. The van der Waals surface area contributed by atoms with E-state index in [4.69, 9.17) is 4.74 Å².